The lowest BCUT2D eigenvalue weighted by molar-refractivity contribution is -0.128. The van der Waals surface area contributed by atoms with Crippen LogP contribution in [0.2, 0.25) is 10.0 Å². The molecule has 1 aromatic carbocycles. The molecule has 0 radical (unpaired) electrons. The summed E-state index contributed by atoms with van der Waals surface area (Å²) in [6, 6.07) is 3.84. The van der Waals surface area contributed by atoms with Crippen molar-refractivity contribution in [2.24, 2.45) is 5.41 Å². The SMILES string of the molecule is CC12COCC1NC(=O)N(c1cc(Cl)ccc1Cl)C2=O. The van der Waals surface area contributed by atoms with Crippen LogP contribution in [0.1, 0.15) is 6.92 Å². The van der Waals surface area contributed by atoms with Gasteiger partial charge in [0.25, 0.3) is 0 Å². The number of hydrogen-bond donors (Lipinski definition) is 1. The van der Waals surface area contributed by atoms with Crippen LogP contribution in [0.4, 0.5) is 10.5 Å². The topological polar surface area (TPSA) is 58.6 Å². The minimum absolute atomic E-state index is 0.269. The summed E-state index contributed by atoms with van der Waals surface area (Å²) in [6.07, 6.45) is 0. The summed E-state index contributed by atoms with van der Waals surface area (Å²) in [6.45, 7) is 2.38. The number of carbonyl (C=O) groups is 2. The fraction of sp³-hybridized carbons (Fsp3) is 0.385. The fourth-order valence-electron chi connectivity index (χ4n) is 2.52. The van der Waals surface area contributed by atoms with Crippen molar-refractivity contribution in [2.75, 3.05) is 18.1 Å². The van der Waals surface area contributed by atoms with E-state index in [9.17, 15) is 9.59 Å². The van der Waals surface area contributed by atoms with Gasteiger partial charge in [0.05, 0.1) is 35.4 Å². The highest BCUT2D eigenvalue weighted by Gasteiger charge is 2.54. The summed E-state index contributed by atoms with van der Waals surface area (Å²) in [4.78, 5) is 25.9. The molecule has 2 unspecified atom stereocenters. The number of fused-ring (bicyclic) bond motifs is 1. The van der Waals surface area contributed by atoms with Crippen molar-refractivity contribution in [3.8, 4) is 0 Å². The number of rotatable bonds is 1. The Labute approximate surface area is 125 Å². The highest BCUT2D eigenvalue weighted by Crippen LogP contribution is 2.38. The molecule has 0 aromatic heterocycles. The normalized spacial score (nSPS) is 29.4. The van der Waals surface area contributed by atoms with E-state index in [1.54, 1.807) is 19.1 Å². The summed E-state index contributed by atoms with van der Waals surface area (Å²) in [7, 11) is 0. The number of amides is 3. The van der Waals surface area contributed by atoms with Crippen molar-refractivity contribution in [1.82, 2.24) is 5.32 Å². The number of hydrogen-bond acceptors (Lipinski definition) is 3. The number of carbonyl (C=O) groups excluding carboxylic acids is 2. The maximum atomic E-state index is 12.7. The third-order valence-corrected chi connectivity index (χ3v) is 4.35. The van der Waals surface area contributed by atoms with Crippen molar-refractivity contribution in [3.63, 3.8) is 0 Å². The largest absolute Gasteiger partial charge is 0.378 e. The van der Waals surface area contributed by atoms with E-state index in [4.69, 9.17) is 27.9 Å². The minimum Gasteiger partial charge on any atom is -0.378 e. The molecule has 106 valence electrons. The van der Waals surface area contributed by atoms with Crippen LogP contribution in [0.3, 0.4) is 0 Å². The molecule has 2 aliphatic rings. The van der Waals surface area contributed by atoms with Gasteiger partial charge < -0.3 is 10.1 Å². The van der Waals surface area contributed by atoms with Gasteiger partial charge in [-0.3, -0.25) is 4.79 Å². The second kappa shape index (κ2) is 4.62. The average molecular weight is 315 g/mol. The van der Waals surface area contributed by atoms with Gasteiger partial charge in [-0.2, -0.15) is 0 Å². The van der Waals surface area contributed by atoms with Gasteiger partial charge in [0.2, 0.25) is 5.91 Å². The molecule has 1 N–H and O–H groups in total. The van der Waals surface area contributed by atoms with Crippen molar-refractivity contribution < 1.29 is 14.3 Å². The minimum atomic E-state index is -0.778. The molecule has 2 fully saturated rings. The van der Waals surface area contributed by atoms with Crippen LogP contribution in [0, 0.1) is 5.41 Å². The first-order valence-electron chi connectivity index (χ1n) is 6.11. The van der Waals surface area contributed by atoms with Crippen LogP contribution >= 0.6 is 23.2 Å². The average Bonchev–Trinajstić information content (AvgIpc) is 2.76. The van der Waals surface area contributed by atoms with Gasteiger partial charge in [-0.1, -0.05) is 23.2 Å². The Bertz CT molecular complexity index is 607. The van der Waals surface area contributed by atoms with E-state index in [0.717, 1.165) is 4.90 Å². The Hall–Kier alpha value is -1.30. The number of ether oxygens (including phenoxy) is 1. The number of urea groups is 1. The molecule has 0 aliphatic carbocycles. The van der Waals surface area contributed by atoms with E-state index in [2.05, 4.69) is 5.32 Å². The number of nitrogens with one attached hydrogen (secondary N) is 1. The Morgan fingerprint density at radius 1 is 1.40 bits per heavy atom. The summed E-state index contributed by atoms with van der Waals surface area (Å²) >= 11 is 12.0. The highest BCUT2D eigenvalue weighted by molar-refractivity contribution is 6.37. The summed E-state index contributed by atoms with van der Waals surface area (Å²) in [5.74, 6) is -0.326. The predicted molar refractivity (Wildman–Crippen MR) is 75.2 cm³/mol. The highest BCUT2D eigenvalue weighted by atomic mass is 35.5. The standard InChI is InChI=1S/C13H12Cl2N2O3/c1-13-6-20-5-10(13)16-12(19)17(11(13)18)9-4-7(14)2-3-8(9)15/h2-4,10H,5-6H2,1H3,(H,16,19). The van der Waals surface area contributed by atoms with Gasteiger partial charge in [0.15, 0.2) is 0 Å². The van der Waals surface area contributed by atoms with Crippen LogP contribution in [0.5, 0.6) is 0 Å². The Morgan fingerprint density at radius 2 is 2.15 bits per heavy atom. The number of halogens is 2. The van der Waals surface area contributed by atoms with E-state index >= 15 is 0 Å². The zero-order valence-electron chi connectivity index (χ0n) is 10.7. The Balaban J connectivity index is 2.06. The van der Waals surface area contributed by atoms with Gasteiger partial charge in [0.1, 0.15) is 0 Å². The first kappa shape index (κ1) is 13.7. The smallest absolute Gasteiger partial charge is 0.329 e. The number of anilines is 1. The van der Waals surface area contributed by atoms with Crippen LogP contribution in [0.15, 0.2) is 18.2 Å². The lowest BCUT2D eigenvalue weighted by Crippen LogP contribution is -2.65. The van der Waals surface area contributed by atoms with Crippen molar-refractivity contribution >= 4 is 40.8 Å². The molecule has 0 saturated carbocycles. The van der Waals surface area contributed by atoms with Gasteiger partial charge in [-0.25, -0.2) is 9.69 Å². The molecule has 2 heterocycles. The van der Waals surface area contributed by atoms with E-state index in [1.165, 1.54) is 6.07 Å². The van der Waals surface area contributed by atoms with Crippen LogP contribution in [-0.2, 0) is 9.53 Å². The van der Waals surface area contributed by atoms with Gasteiger partial charge in [-0.05, 0) is 25.1 Å². The van der Waals surface area contributed by atoms with Gasteiger partial charge >= 0.3 is 6.03 Å². The molecule has 0 bridgehead atoms. The summed E-state index contributed by atoms with van der Waals surface area (Å²) in [5, 5.41) is 3.48. The maximum Gasteiger partial charge on any atom is 0.329 e. The van der Waals surface area contributed by atoms with Crippen LogP contribution in [0.25, 0.3) is 0 Å². The molecule has 5 nitrogen and oxygen atoms in total. The van der Waals surface area contributed by atoms with E-state index in [1.807, 2.05) is 0 Å². The van der Waals surface area contributed by atoms with Gasteiger partial charge in [-0.15, -0.1) is 0 Å². The summed E-state index contributed by atoms with van der Waals surface area (Å²) < 4.78 is 5.33. The predicted octanol–water partition coefficient (Wildman–Crippen LogP) is 2.45. The molecule has 2 atom stereocenters. The van der Waals surface area contributed by atoms with Crippen LogP contribution in [-0.4, -0.2) is 31.2 Å². The lowest BCUT2D eigenvalue weighted by Gasteiger charge is -2.39. The molecule has 1 aromatic rings. The first-order chi connectivity index (χ1) is 9.43. The molecular formula is C13H12Cl2N2O3. The van der Waals surface area contributed by atoms with Crippen molar-refractivity contribution in [2.45, 2.75) is 13.0 Å². The van der Waals surface area contributed by atoms with Crippen molar-refractivity contribution in [3.05, 3.63) is 28.2 Å². The monoisotopic (exact) mass is 314 g/mol. The zero-order chi connectivity index (χ0) is 14.5. The lowest BCUT2D eigenvalue weighted by atomic mass is 9.82. The second-order valence-electron chi connectivity index (χ2n) is 5.17. The molecule has 0 spiro atoms. The number of imide groups is 1. The molecule has 7 heteroatoms. The molecule has 2 saturated heterocycles. The first-order valence-corrected chi connectivity index (χ1v) is 6.87. The molecule has 3 amide bonds. The molecule has 3 rings (SSSR count). The second-order valence-corrected chi connectivity index (χ2v) is 6.01. The maximum absolute atomic E-state index is 12.7. The quantitative estimate of drug-likeness (QED) is 0.866. The number of benzene rings is 1. The fourth-order valence-corrected chi connectivity index (χ4v) is 2.89. The molecular weight excluding hydrogens is 303 g/mol. The van der Waals surface area contributed by atoms with Crippen molar-refractivity contribution in [1.29, 1.82) is 0 Å². The summed E-state index contributed by atoms with van der Waals surface area (Å²) in [5.41, 5.74) is -0.493. The third kappa shape index (κ3) is 1.89. The van der Waals surface area contributed by atoms with Crippen LogP contribution < -0.4 is 10.2 Å². The Kier molecular flexibility index (Phi) is 3.16. The molecule has 2 aliphatic heterocycles. The third-order valence-electron chi connectivity index (χ3n) is 3.80. The Morgan fingerprint density at radius 3 is 2.90 bits per heavy atom. The van der Waals surface area contributed by atoms with Gasteiger partial charge in [0, 0.05) is 5.02 Å². The zero-order valence-corrected chi connectivity index (χ0v) is 12.2. The molecule has 20 heavy (non-hydrogen) atoms. The van der Waals surface area contributed by atoms with E-state index in [0.29, 0.717) is 16.7 Å². The van der Waals surface area contributed by atoms with E-state index in [-0.39, 0.29) is 24.2 Å². The van der Waals surface area contributed by atoms with E-state index < -0.39 is 11.4 Å². The number of nitrogens with zero attached hydrogens (tertiary/aromatic N) is 1.